The third kappa shape index (κ3) is 3.70. The fourth-order valence-corrected chi connectivity index (χ4v) is 8.86. The lowest BCUT2D eigenvalue weighted by Crippen LogP contribution is -1.99. The van der Waals surface area contributed by atoms with Crippen molar-refractivity contribution in [1.82, 2.24) is 19.1 Å². The molecule has 4 heteroatoms. The fourth-order valence-electron chi connectivity index (χ4n) is 8.86. The quantitative estimate of drug-likeness (QED) is 0.189. The number of benzene rings is 7. The van der Waals surface area contributed by atoms with Gasteiger partial charge in [-0.1, -0.05) is 97.1 Å². The molecule has 0 saturated carbocycles. The molecule has 0 spiro atoms. The molecule has 4 nitrogen and oxygen atoms in total. The third-order valence-electron chi connectivity index (χ3n) is 11.1. The molecule has 1 aliphatic rings. The zero-order valence-electron chi connectivity index (χ0n) is 28.0. The summed E-state index contributed by atoms with van der Waals surface area (Å²) in [7, 11) is 0. The van der Waals surface area contributed by atoms with E-state index in [1.165, 1.54) is 71.1 Å². The van der Waals surface area contributed by atoms with Crippen molar-refractivity contribution in [2.24, 2.45) is 0 Å². The summed E-state index contributed by atoms with van der Waals surface area (Å²) in [6.07, 6.45) is 3.91. The van der Waals surface area contributed by atoms with E-state index in [1.807, 2.05) is 12.4 Å². The van der Waals surface area contributed by atoms with Gasteiger partial charge >= 0.3 is 0 Å². The van der Waals surface area contributed by atoms with E-state index in [2.05, 4.69) is 172 Å². The number of hydrogen-bond acceptors (Lipinski definition) is 2. The Morgan fingerprint density at radius 1 is 0.385 bits per heavy atom. The molecule has 4 aromatic heterocycles. The van der Waals surface area contributed by atoms with Crippen LogP contribution in [0, 0.1) is 0 Å². The van der Waals surface area contributed by atoms with E-state index >= 15 is 0 Å². The summed E-state index contributed by atoms with van der Waals surface area (Å²) in [6.45, 7) is 0. The van der Waals surface area contributed by atoms with Crippen molar-refractivity contribution in [1.29, 1.82) is 0 Å². The Morgan fingerprint density at radius 3 is 1.98 bits per heavy atom. The van der Waals surface area contributed by atoms with E-state index < -0.39 is 0 Å². The van der Waals surface area contributed by atoms with Crippen LogP contribution >= 0.6 is 0 Å². The molecule has 0 amide bonds. The molecule has 0 unspecified atom stereocenters. The van der Waals surface area contributed by atoms with Crippen LogP contribution in [-0.2, 0) is 0 Å². The first-order chi connectivity index (χ1) is 25.8. The predicted molar refractivity (Wildman–Crippen MR) is 216 cm³/mol. The Hall–Kier alpha value is -7.04. The summed E-state index contributed by atoms with van der Waals surface area (Å²) in [5, 5.41) is 9.80. The minimum atomic E-state index is 0.904. The zero-order chi connectivity index (χ0) is 33.9. The number of nitrogens with zero attached hydrogens (tertiary/aromatic N) is 4. The van der Waals surface area contributed by atoms with Crippen LogP contribution in [0.5, 0.6) is 0 Å². The van der Waals surface area contributed by atoms with E-state index in [4.69, 9.17) is 4.98 Å². The number of rotatable bonds is 3. The molecule has 0 atom stereocenters. The van der Waals surface area contributed by atoms with Gasteiger partial charge in [-0.05, 0) is 88.1 Å². The summed E-state index contributed by atoms with van der Waals surface area (Å²) in [6, 6.07) is 57.3. The first-order valence-corrected chi connectivity index (χ1v) is 17.7. The van der Waals surface area contributed by atoms with Crippen LogP contribution in [0.1, 0.15) is 0 Å². The normalized spacial score (nSPS) is 12.2. The molecule has 4 heterocycles. The van der Waals surface area contributed by atoms with Crippen molar-refractivity contribution >= 4 is 65.2 Å². The molecular formula is C48H28N4. The van der Waals surface area contributed by atoms with Gasteiger partial charge in [-0.3, -0.25) is 9.55 Å². The standard InChI is InChI=1S/C48H28N4/c1-2-11-33(12-3-1)51-41-16-7-6-14-35(41)38-25-30(18-21-42(38)51)31-19-22-43-39(26-31)47-34-13-5-4-9-29(34)17-23-44(47)52(43)45-24-20-37-36-15-8-10-32-27-49-28-40(46(32)36)48(37)50-45/h1-28H. The second-order valence-electron chi connectivity index (χ2n) is 13.8. The Kier molecular flexibility index (Phi) is 5.47. The SMILES string of the molecule is c1ccc(-n2c3ccccc3c3cc(-c4ccc5c(c4)c4c6ccccc6ccc4n5-c4ccc5c(n4)-c4cncc6cccc-5c46)ccc32)cc1. The maximum Gasteiger partial charge on any atom is 0.138 e. The molecule has 0 N–H and O–H groups in total. The molecule has 52 heavy (non-hydrogen) atoms. The van der Waals surface area contributed by atoms with Gasteiger partial charge in [0.25, 0.3) is 0 Å². The van der Waals surface area contributed by atoms with Gasteiger partial charge < -0.3 is 4.57 Å². The minimum Gasteiger partial charge on any atom is -0.309 e. The summed E-state index contributed by atoms with van der Waals surface area (Å²) < 4.78 is 4.71. The van der Waals surface area contributed by atoms with Crippen LogP contribution in [0.2, 0.25) is 0 Å². The van der Waals surface area contributed by atoms with Gasteiger partial charge in [0.15, 0.2) is 0 Å². The third-order valence-corrected chi connectivity index (χ3v) is 11.1. The molecular weight excluding hydrogens is 633 g/mol. The monoisotopic (exact) mass is 660 g/mol. The van der Waals surface area contributed by atoms with Gasteiger partial charge in [0.1, 0.15) is 5.82 Å². The lowest BCUT2D eigenvalue weighted by atomic mass is 9.99. The van der Waals surface area contributed by atoms with Crippen LogP contribution in [0.4, 0.5) is 0 Å². The zero-order valence-corrected chi connectivity index (χ0v) is 28.0. The van der Waals surface area contributed by atoms with Crippen molar-refractivity contribution < 1.29 is 0 Å². The fraction of sp³-hybridized carbons (Fsp3) is 0. The van der Waals surface area contributed by atoms with Gasteiger partial charge in [-0.2, -0.15) is 0 Å². The number of fused-ring (bicyclic) bond motifs is 11. The number of aromatic nitrogens is 4. The van der Waals surface area contributed by atoms with Crippen molar-refractivity contribution in [3.8, 4) is 45.0 Å². The van der Waals surface area contributed by atoms with Crippen LogP contribution in [0.15, 0.2) is 170 Å². The molecule has 0 bridgehead atoms. The summed E-state index contributed by atoms with van der Waals surface area (Å²) in [5.74, 6) is 0.904. The average molecular weight is 661 g/mol. The molecule has 7 aromatic carbocycles. The highest BCUT2D eigenvalue weighted by molar-refractivity contribution is 6.22. The van der Waals surface area contributed by atoms with Crippen LogP contribution in [-0.4, -0.2) is 19.1 Å². The van der Waals surface area contributed by atoms with Crippen LogP contribution in [0.25, 0.3) is 110 Å². The highest BCUT2D eigenvalue weighted by atomic mass is 15.1. The minimum absolute atomic E-state index is 0.904. The largest absolute Gasteiger partial charge is 0.309 e. The summed E-state index contributed by atoms with van der Waals surface area (Å²) >= 11 is 0. The maximum atomic E-state index is 5.41. The van der Waals surface area contributed by atoms with E-state index in [9.17, 15) is 0 Å². The Morgan fingerprint density at radius 2 is 1.10 bits per heavy atom. The second kappa shape index (κ2) is 10.3. The van der Waals surface area contributed by atoms with Gasteiger partial charge in [0.2, 0.25) is 0 Å². The van der Waals surface area contributed by atoms with Crippen molar-refractivity contribution in [3.05, 3.63) is 170 Å². The lowest BCUT2D eigenvalue weighted by Gasteiger charge is -2.10. The van der Waals surface area contributed by atoms with Crippen molar-refractivity contribution in [3.63, 3.8) is 0 Å². The molecule has 11 aromatic rings. The molecule has 240 valence electrons. The number of pyridine rings is 2. The van der Waals surface area contributed by atoms with E-state index in [1.54, 1.807) is 0 Å². The molecule has 0 fully saturated rings. The molecule has 0 saturated heterocycles. The maximum absolute atomic E-state index is 5.41. The van der Waals surface area contributed by atoms with E-state index in [0.717, 1.165) is 39.1 Å². The Bertz CT molecular complexity index is 3290. The Labute approximate surface area is 298 Å². The van der Waals surface area contributed by atoms with Gasteiger partial charge in [0.05, 0.1) is 27.8 Å². The first-order valence-electron chi connectivity index (χ1n) is 17.7. The van der Waals surface area contributed by atoms with Gasteiger partial charge in [0, 0.05) is 61.5 Å². The molecule has 1 aliphatic carbocycles. The molecule has 12 rings (SSSR count). The molecule has 0 aliphatic heterocycles. The van der Waals surface area contributed by atoms with Crippen LogP contribution < -0.4 is 0 Å². The highest BCUT2D eigenvalue weighted by Crippen LogP contribution is 2.47. The van der Waals surface area contributed by atoms with Crippen molar-refractivity contribution in [2.75, 3.05) is 0 Å². The summed E-state index contributed by atoms with van der Waals surface area (Å²) in [5.41, 5.74) is 12.7. The second-order valence-corrected chi connectivity index (χ2v) is 13.8. The van der Waals surface area contributed by atoms with Gasteiger partial charge in [-0.25, -0.2) is 4.98 Å². The number of hydrogen-bond donors (Lipinski definition) is 0. The topological polar surface area (TPSA) is 35.6 Å². The van der Waals surface area contributed by atoms with E-state index in [-0.39, 0.29) is 0 Å². The highest BCUT2D eigenvalue weighted by Gasteiger charge is 2.25. The lowest BCUT2D eigenvalue weighted by molar-refractivity contribution is 1.09. The average Bonchev–Trinajstić information content (AvgIpc) is 3.84. The number of para-hydroxylation sites is 2. The predicted octanol–water partition coefficient (Wildman–Crippen LogP) is 12.3. The Balaban J connectivity index is 1.10. The van der Waals surface area contributed by atoms with Crippen LogP contribution in [0.3, 0.4) is 0 Å². The smallest absolute Gasteiger partial charge is 0.138 e. The van der Waals surface area contributed by atoms with E-state index in [0.29, 0.717) is 0 Å². The van der Waals surface area contributed by atoms with Crippen molar-refractivity contribution in [2.45, 2.75) is 0 Å². The first kappa shape index (κ1) is 27.7. The van der Waals surface area contributed by atoms with Gasteiger partial charge in [-0.15, -0.1) is 0 Å². The molecule has 0 radical (unpaired) electrons. The summed E-state index contributed by atoms with van der Waals surface area (Å²) in [4.78, 5) is 9.99.